The molecule has 2 aromatic heterocycles. The van der Waals surface area contributed by atoms with Crippen LogP contribution in [0.25, 0.3) is 5.70 Å². The zero-order valence-electron chi connectivity index (χ0n) is 13.6. The molecule has 0 bridgehead atoms. The van der Waals surface area contributed by atoms with Crippen LogP contribution in [0.2, 0.25) is 0 Å². The Morgan fingerprint density at radius 1 is 1.19 bits per heavy atom. The molecule has 0 radical (unpaired) electrons. The average Bonchev–Trinajstić information content (AvgIpc) is 3.07. The van der Waals surface area contributed by atoms with E-state index in [-0.39, 0.29) is 18.1 Å². The summed E-state index contributed by atoms with van der Waals surface area (Å²) in [5.74, 6) is -0.382. The van der Waals surface area contributed by atoms with Crippen LogP contribution in [-0.2, 0) is 12.6 Å². The van der Waals surface area contributed by atoms with Gasteiger partial charge in [-0.3, -0.25) is 14.8 Å². The maximum Gasteiger partial charge on any atom is 0.417 e. The smallest absolute Gasteiger partial charge is 0.306 e. The maximum absolute atomic E-state index is 12.9. The summed E-state index contributed by atoms with van der Waals surface area (Å²) >= 11 is 0. The molecule has 0 atom stereocenters. The van der Waals surface area contributed by atoms with E-state index in [4.69, 9.17) is 0 Å². The highest BCUT2D eigenvalue weighted by Crippen LogP contribution is 2.32. The fourth-order valence-corrected chi connectivity index (χ4v) is 3.00. The second kappa shape index (κ2) is 6.08. The van der Waals surface area contributed by atoms with Crippen LogP contribution in [0.15, 0.2) is 35.7 Å². The minimum absolute atomic E-state index is 0.127. The van der Waals surface area contributed by atoms with Crippen LogP contribution in [-0.4, -0.2) is 40.0 Å². The summed E-state index contributed by atoms with van der Waals surface area (Å²) in [5.41, 5.74) is 1.04. The van der Waals surface area contributed by atoms with E-state index in [1.54, 1.807) is 17.1 Å². The number of aromatic nitrogens is 3. The number of hydrogen-bond acceptors (Lipinski definition) is 4. The van der Waals surface area contributed by atoms with Crippen molar-refractivity contribution >= 4 is 23.5 Å². The molecule has 4 rings (SSSR count). The van der Waals surface area contributed by atoms with Crippen molar-refractivity contribution in [1.82, 2.24) is 14.8 Å². The third-order valence-electron chi connectivity index (χ3n) is 4.30. The predicted molar refractivity (Wildman–Crippen MR) is 89.1 cm³/mol. The third-order valence-corrected chi connectivity index (χ3v) is 4.30. The van der Waals surface area contributed by atoms with Crippen molar-refractivity contribution in [3.63, 3.8) is 0 Å². The molecule has 26 heavy (non-hydrogen) atoms. The first-order valence-corrected chi connectivity index (χ1v) is 8.06. The lowest BCUT2D eigenvalue weighted by Crippen LogP contribution is -2.37. The second-order valence-corrected chi connectivity index (χ2v) is 6.02. The zero-order valence-corrected chi connectivity index (χ0v) is 13.6. The van der Waals surface area contributed by atoms with Crippen LogP contribution in [0.1, 0.15) is 28.0 Å². The van der Waals surface area contributed by atoms with Gasteiger partial charge in [0.2, 0.25) is 0 Å². The highest BCUT2D eigenvalue weighted by atomic mass is 19.4. The van der Waals surface area contributed by atoms with Crippen molar-refractivity contribution in [1.29, 1.82) is 0 Å². The summed E-state index contributed by atoms with van der Waals surface area (Å²) in [6, 6.07) is 0.941. The number of hydrogen-bond donors (Lipinski definition) is 0. The molecule has 0 aliphatic carbocycles. The molecular formula is C17H14F3N5O. The van der Waals surface area contributed by atoms with Gasteiger partial charge in [0.05, 0.1) is 34.4 Å². The first-order chi connectivity index (χ1) is 12.4. The van der Waals surface area contributed by atoms with Gasteiger partial charge in [0.1, 0.15) is 0 Å². The maximum atomic E-state index is 12.9. The molecule has 1 amide bonds. The van der Waals surface area contributed by atoms with Crippen LogP contribution in [0, 0.1) is 0 Å². The lowest BCUT2D eigenvalue weighted by Gasteiger charge is -2.26. The lowest BCUT2D eigenvalue weighted by molar-refractivity contribution is -0.137. The Hall–Kier alpha value is -2.97. The van der Waals surface area contributed by atoms with E-state index in [1.165, 1.54) is 11.1 Å². The van der Waals surface area contributed by atoms with Gasteiger partial charge in [-0.05, 0) is 12.5 Å². The van der Waals surface area contributed by atoms with Gasteiger partial charge in [-0.25, -0.2) is 4.68 Å². The van der Waals surface area contributed by atoms with E-state index in [2.05, 4.69) is 15.1 Å². The summed E-state index contributed by atoms with van der Waals surface area (Å²) in [6.07, 6.45) is 4.03. The molecule has 2 aliphatic rings. The number of anilines is 1. The molecule has 2 aromatic rings. The number of carbonyl (C=O) groups is 1. The summed E-state index contributed by atoms with van der Waals surface area (Å²) in [7, 11) is 0. The number of pyridine rings is 1. The van der Waals surface area contributed by atoms with Gasteiger partial charge < -0.3 is 4.90 Å². The molecule has 0 unspecified atom stereocenters. The van der Waals surface area contributed by atoms with E-state index >= 15 is 0 Å². The highest BCUT2D eigenvalue weighted by molar-refractivity contribution is 6.08. The largest absolute Gasteiger partial charge is 0.417 e. The molecule has 0 fully saturated rings. The van der Waals surface area contributed by atoms with E-state index in [0.29, 0.717) is 17.7 Å². The van der Waals surface area contributed by atoms with E-state index < -0.39 is 11.7 Å². The van der Waals surface area contributed by atoms with Crippen LogP contribution < -0.4 is 4.90 Å². The SMILES string of the molecule is O=C1c2cn(C3=CCCN=C3)nc2CCN1c1cncc(C(F)(F)F)c1. The van der Waals surface area contributed by atoms with E-state index in [0.717, 1.165) is 30.9 Å². The Labute approximate surface area is 146 Å². The van der Waals surface area contributed by atoms with Gasteiger partial charge in [0.15, 0.2) is 0 Å². The zero-order chi connectivity index (χ0) is 18.3. The Bertz CT molecular complexity index is 929. The average molecular weight is 361 g/mol. The van der Waals surface area contributed by atoms with Crippen LogP contribution in [0.5, 0.6) is 0 Å². The standard InChI is InChI=1S/C17H14F3N5O/c18-17(19,20)11-6-13(9-22-7-11)24-5-3-15-14(16(24)26)10-25(23-15)12-2-1-4-21-8-12/h2,6-10H,1,3-5H2. The number of amides is 1. The number of fused-ring (bicyclic) bond motifs is 1. The monoisotopic (exact) mass is 361 g/mol. The minimum atomic E-state index is -4.51. The second-order valence-electron chi connectivity index (χ2n) is 6.02. The van der Waals surface area contributed by atoms with Gasteiger partial charge >= 0.3 is 6.18 Å². The number of aliphatic imine (C=N–C) groups is 1. The van der Waals surface area contributed by atoms with E-state index in [9.17, 15) is 18.0 Å². The minimum Gasteiger partial charge on any atom is -0.306 e. The molecule has 0 saturated carbocycles. The Balaban J connectivity index is 1.65. The third kappa shape index (κ3) is 2.89. The Kier molecular flexibility index (Phi) is 3.86. The van der Waals surface area contributed by atoms with Crippen molar-refractivity contribution in [3.05, 3.63) is 47.6 Å². The van der Waals surface area contributed by atoms with Crippen molar-refractivity contribution in [2.24, 2.45) is 4.99 Å². The Morgan fingerprint density at radius 3 is 2.77 bits per heavy atom. The molecule has 4 heterocycles. The number of carbonyl (C=O) groups excluding carboxylic acids is 1. The predicted octanol–water partition coefficient (Wildman–Crippen LogP) is 2.82. The molecule has 0 N–H and O–H groups in total. The van der Waals surface area contributed by atoms with Crippen molar-refractivity contribution in [2.45, 2.75) is 19.0 Å². The molecule has 0 saturated heterocycles. The molecule has 9 heteroatoms. The molecular weight excluding hydrogens is 347 g/mol. The van der Waals surface area contributed by atoms with Crippen LogP contribution in [0.3, 0.4) is 0 Å². The number of alkyl halides is 3. The quantitative estimate of drug-likeness (QED) is 0.826. The summed E-state index contributed by atoms with van der Waals surface area (Å²) in [4.78, 5) is 21.9. The topological polar surface area (TPSA) is 63.4 Å². The number of halogens is 3. The van der Waals surface area contributed by atoms with Gasteiger partial charge in [-0.2, -0.15) is 18.3 Å². The van der Waals surface area contributed by atoms with Crippen molar-refractivity contribution in [3.8, 4) is 0 Å². The molecule has 6 nitrogen and oxygen atoms in total. The van der Waals surface area contributed by atoms with Crippen LogP contribution >= 0.6 is 0 Å². The first kappa shape index (κ1) is 16.5. The van der Waals surface area contributed by atoms with Gasteiger partial charge in [-0.1, -0.05) is 6.08 Å². The molecule has 0 spiro atoms. The highest BCUT2D eigenvalue weighted by Gasteiger charge is 2.33. The normalized spacial score (nSPS) is 17.3. The lowest BCUT2D eigenvalue weighted by atomic mass is 10.1. The first-order valence-electron chi connectivity index (χ1n) is 8.06. The Morgan fingerprint density at radius 2 is 2.04 bits per heavy atom. The number of nitrogens with zero attached hydrogens (tertiary/aromatic N) is 5. The summed E-state index contributed by atoms with van der Waals surface area (Å²) in [6.45, 7) is 0.971. The van der Waals surface area contributed by atoms with Gasteiger partial charge in [-0.15, -0.1) is 0 Å². The number of dihydropyridines is 1. The summed E-state index contributed by atoms with van der Waals surface area (Å²) in [5, 5.41) is 4.42. The van der Waals surface area contributed by atoms with E-state index in [1.807, 2.05) is 6.08 Å². The molecule has 0 aromatic carbocycles. The van der Waals surface area contributed by atoms with Gasteiger partial charge in [0, 0.05) is 38.1 Å². The van der Waals surface area contributed by atoms with Crippen molar-refractivity contribution < 1.29 is 18.0 Å². The number of rotatable bonds is 2. The summed E-state index contributed by atoms with van der Waals surface area (Å²) < 4.78 is 40.3. The molecule has 134 valence electrons. The fraction of sp³-hybridized carbons (Fsp3) is 0.294. The van der Waals surface area contributed by atoms with Gasteiger partial charge in [0.25, 0.3) is 5.91 Å². The number of allylic oxidation sites excluding steroid dienone is 1. The fourth-order valence-electron chi connectivity index (χ4n) is 3.00. The molecule has 2 aliphatic heterocycles. The van der Waals surface area contributed by atoms with Crippen molar-refractivity contribution in [2.75, 3.05) is 18.0 Å². The van der Waals surface area contributed by atoms with Crippen LogP contribution in [0.4, 0.5) is 18.9 Å².